The lowest BCUT2D eigenvalue weighted by atomic mass is 10.1. The van der Waals surface area contributed by atoms with Gasteiger partial charge in [-0.25, -0.2) is 4.98 Å². The van der Waals surface area contributed by atoms with Gasteiger partial charge in [-0.05, 0) is 24.3 Å². The van der Waals surface area contributed by atoms with Gasteiger partial charge in [-0.2, -0.15) is 0 Å². The Hall–Kier alpha value is -4.31. The quantitative estimate of drug-likeness (QED) is 0.333. The molecule has 1 heterocycles. The second-order valence-corrected chi connectivity index (χ2v) is 6.82. The molecule has 1 amide bonds. The Morgan fingerprint density at radius 2 is 1.71 bits per heavy atom. The average molecular weight is 438 g/mol. The molecule has 0 spiro atoms. The van der Waals surface area contributed by atoms with E-state index in [4.69, 9.17) is 11.6 Å². The highest BCUT2D eigenvalue weighted by atomic mass is 35.5. The van der Waals surface area contributed by atoms with E-state index in [9.17, 15) is 25.0 Å². The van der Waals surface area contributed by atoms with Crippen molar-refractivity contribution in [1.82, 2.24) is 9.97 Å². The number of nitrogens with one attached hydrogen (secondary N) is 2. The monoisotopic (exact) mass is 437 g/mol. The number of carbonyl (C=O) groups excluding carboxylic acids is 1. The van der Waals surface area contributed by atoms with Gasteiger partial charge in [0.25, 0.3) is 17.3 Å². The lowest BCUT2D eigenvalue weighted by Crippen LogP contribution is -2.14. The van der Waals surface area contributed by atoms with Crippen LogP contribution in [0.15, 0.2) is 60.7 Å². The van der Waals surface area contributed by atoms with Crippen molar-refractivity contribution in [2.24, 2.45) is 0 Å². The Morgan fingerprint density at radius 1 is 1.00 bits per heavy atom. The van der Waals surface area contributed by atoms with Gasteiger partial charge >= 0.3 is 0 Å². The zero-order valence-corrected chi connectivity index (χ0v) is 16.3. The van der Waals surface area contributed by atoms with E-state index < -0.39 is 32.2 Å². The Balaban J connectivity index is 1.75. The summed E-state index contributed by atoms with van der Waals surface area (Å²) >= 11 is 6.01. The third-order valence-electron chi connectivity index (χ3n) is 4.51. The molecule has 4 aromatic rings. The number of fused-ring (bicyclic) bond motifs is 1. The third-order valence-corrected chi connectivity index (χ3v) is 4.91. The number of carbonyl (C=O) groups is 1. The van der Waals surface area contributed by atoms with Gasteiger partial charge in [-0.1, -0.05) is 35.9 Å². The summed E-state index contributed by atoms with van der Waals surface area (Å²) in [5, 5.41) is 24.5. The van der Waals surface area contributed by atoms with Crippen molar-refractivity contribution in [2.45, 2.75) is 0 Å². The summed E-state index contributed by atoms with van der Waals surface area (Å²) in [6.07, 6.45) is 0. The molecule has 0 aliphatic rings. The minimum absolute atomic E-state index is 0.344. The molecular weight excluding hydrogens is 426 g/mol. The van der Waals surface area contributed by atoms with E-state index in [0.29, 0.717) is 23.1 Å². The van der Waals surface area contributed by atoms with Crippen molar-refractivity contribution >= 4 is 45.6 Å². The molecule has 0 radical (unpaired) electrons. The molecule has 0 aliphatic carbocycles. The third kappa shape index (κ3) is 3.79. The highest BCUT2D eigenvalue weighted by Crippen LogP contribution is 2.34. The maximum absolute atomic E-state index is 12.9. The molecule has 0 atom stereocenters. The van der Waals surface area contributed by atoms with E-state index in [1.54, 1.807) is 24.3 Å². The largest absolute Gasteiger partial charge is 0.338 e. The second-order valence-electron chi connectivity index (χ2n) is 6.44. The number of benzene rings is 3. The molecule has 3 aromatic carbocycles. The molecule has 1 aromatic heterocycles. The highest BCUT2D eigenvalue weighted by molar-refractivity contribution is 6.36. The summed E-state index contributed by atoms with van der Waals surface area (Å²) < 4.78 is 0. The number of hydrogen-bond acceptors (Lipinski definition) is 6. The number of nitro groups is 2. The second kappa shape index (κ2) is 7.84. The number of anilines is 1. The van der Waals surface area contributed by atoms with Gasteiger partial charge in [-0.3, -0.25) is 25.0 Å². The number of halogens is 1. The predicted molar refractivity (Wildman–Crippen MR) is 114 cm³/mol. The van der Waals surface area contributed by atoms with Gasteiger partial charge in [0, 0.05) is 11.6 Å². The molecule has 31 heavy (non-hydrogen) atoms. The Kier molecular flexibility index (Phi) is 5.05. The maximum Gasteiger partial charge on any atom is 0.295 e. The lowest BCUT2D eigenvalue weighted by Gasteiger charge is -2.10. The first kappa shape index (κ1) is 20.0. The Labute approximate surface area is 178 Å². The zero-order valence-electron chi connectivity index (χ0n) is 15.5. The first-order valence-electron chi connectivity index (χ1n) is 8.83. The van der Waals surface area contributed by atoms with Crippen molar-refractivity contribution in [2.75, 3.05) is 5.32 Å². The fourth-order valence-corrected chi connectivity index (χ4v) is 3.33. The molecule has 4 rings (SSSR count). The number of aromatic amines is 1. The number of para-hydroxylation sites is 3. The highest BCUT2D eigenvalue weighted by Gasteiger charge is 2.27. The minimum Gasteiger partial charge on any atom is -0.338 e. The number of imidazole rings is 1. The number of hydrogen-bond donors (Lipinski definition) is 2. The SMILES string of the molecule is O=C(Nc1ccccc1-c1nc2ccccc2[nH]1)c1cc([N+](=O)[O-])cc([N+](=O)[O-])c1Cl. The lowest BCUT2D eigenvalue weighted by molar-refractivity contribution is -0.394. The van der Waals surface area contributed by atoms with E-state index in [2.05, 4.69) is 15.3 Å². The smallest absolute Gasteiger partial charge is 0.295 e. The Morgan fingerprint density at radius 3 is 2.42 bits per heavy atom. The van der Waals surface area contributed by atoms with Gasteiger partial charge in [0.2, 0.25) is 0 Å². The van der Waals surface area contributed by atoms with Gasteiger partial charge in [0.1, 0.15) is 10.8 Å². The van der Waals surface area contributed by atoms with Crippen molar-refractivity contribution < 1.29 is 14.6 Å². The first-order chi connectivity index (χ1) is 14.8. The van der Waals surface area contributed by atoms with Gasteiger partial charge in [-0.15, -0.1) is 0 Å². The van der Waals surface area contributed by atoms with Crippen LogP contribution in [0.5, 0.6) is 0 Å². The summed E-state index contributed by atoms with van der Waals surface area (Å²) in [5.41, 5.74) is 0.701. The fraction of sp³-hybridized carbons (Fsp3) is 0. The maximum atomic E-state index is 12.9. The number of aromatic nitrogens is 2. The number of amides is 1. The van der Waals surface area contributed by atoms with E-state index in [1.807, 2.05) is 24.3 Å². The predicted octanol–water partition coefficient (Wildman–Crippen LogP) is 4.95. The molecule has 10 nitrogen and oxygen atoms in total. The normalized spacial score (nSPS) is 10.7. The average Bonchev–Trinajstić information content (AvgIpc) is 3.17. The van der Waals surface area contributed by atoms with Crippen LogP contribution in [0.25, 0.3) is 22.4 Å². The van der Waals surface area contributed by atoms with Crippen LogP contribution in [0.3, 0.4) is 0 Å². The van der Waals surface area contributed by atoms with Crippen LogP contribution in [0.2, 0.25) is 5.02 Å². The summed E-state index contributed by atoms with van der Waals surface area (Å²) in [6.45, 7) is 0. The van der Waals surface area contributed by atoms with E-state index in [-0.39, 0.29) is 5.56 Å². The van der Waals surface area contributed by atoms with Crippen LogP contribution in [0, 0.1) is 20.2 Å². The molecule has 0 bridgehead atoms. The van der Waals surface area contributed by atoms with E-state index in [0.717, 1.165) is 17.1 Å². The van der Waals surface area contributed by atoms with Crippen molar-refractivity contribution in [3.05, 3.63) is 91.5 Å². The van der Waals surface area contributed by atoms with Crippen LogP contribution >= 0.6 is 11.6 Å². The van der Waals surface area contributed by atoms with Gasteiger partial charge < -0.3 is 10.3 Å². The van der Waals surface area contributed by atoms with Crippen LogP contribution < -0.4 is 5.32 Å². The van der Waals surface area contributed by atoms with Gasteiger partial charge in [0.05, 0.1) is 38.2 Å². The number of nitrogens with zero attached hydrogens (tertiary/aromatic N) is 3. The minimum atomic E-state index is -0.880. The summed E-state index contributed by atoms with van der Waals surface area (Å²) in [6, 6.07) is 15.8. The van der Waals surface area contributed by atoms with Crippen LogP contribution in [0.4, 0.5) is 17.1 Å². The number of non-ortho nitro benzene ring substituents is 1. The molecule has 0 aliphatic heterocycles. The zero-order chi connectivity index (χ0) is 22.1. The number of rotatable bonds is 5. The molecule has 0 unspecified atom stereocenters. The molecular formula is C20H12ClN5O5. The topological polar surface area (TPSA) is 144 Å². The van der Waals surface area contributed by atoms with Crippen molar-refractivity contribution in [3.8, 4) is 11.4 Å². The first-order valence-corrected chi connectivity index (χ1v) is 9.21. The molecule has 154 valence electrons. The standard InChI is InChI=1S/C20H12ClN5O5/c21-18-13(9-11(25(28)29)10-17(18)26(30)31)20(27)24-14-6-2-1-5-12(14)19-22-15-7-3-4-8-16(15)23-19/h1-10H,(H,22,23)(H,24,27). The van der Waals surface area contributed by atoms with Gasteiger partial charge in [0.15, 0.2) is 0 Å². The summed E-state index contributed by atoms with van der Waals surface area (Å²) in [7, 11) is 0. The van der Waals surface area contributed by atoms with Crippen molar-refractivity contribution in [3.63, 3.8) is 0 Å². The molecule has 0 saturated heterocycles. The Bertz CT molecular complexity index is 1330. The molecule has 0 fully saturated rings. The van der Waals surface area contributed by atoms with Crippen LogP contribution in [-0.4, -0.2) is 25.7 Å². The molecule has 2 N–H and O–H groups in total. The number of H-pyrrole nitrogens is 1. The fourth-order valence-electron chi connectivity index (χ4n) is 3.07. The summed E-state index contributed by atoms with van der Waals surface area (Å²) in [5.74, 6) is -0.339. The van der Waals surface area contributed by atoms with Crippen molar-refractivity contribution in [1.29, 1.82) is 0 Å². The summed E-state index contributed by atoms with van der Waals surface area (Å²) in [4.78, 5) is 41.2. The van der Waals surface area contributed by atoms with E-state index >= 15 is 0 Å². The van der Waals surface area contributed by atoms with Crippen LogP contribution in [-0.2, 0) is 0 Å². The molecule has 11 heteroatoms. The van der Waals surface area contributed by atoms with Crippen LogP contribution in [0.1, 0.15) is 10.4 Å². The van der Waals surface area contributed by atoms with E-state index in [1.165, 1.54) is 0 Å². The number of nitro benzene ring substituents is 2. The molecule has 0 saturated carbocycles.